The molecular formula is C61H110CoN3O6+. The molecule has 1 aliphatic rings. The summed E-state index contributed by atoms with van der Waals surface area (Å²) in [5, 5.41) is 38.6. The fourth-order valence-corrected chi connectivity index (χ4v) is 9.91. The molecule has 1 aliphatic carbocycles. The van der Waals surface area contributed by atoms with Gasteiger partial charge in [-0.1, -0.05) is 175 Å². The van der Waals surface area contributed by atoms with Crippen molar-refractivity contribution < 1.29 is 51.3 Å². The van der Waals surface area contributed by atoms with E-state index in [9.17, 15) is 19.8 Å². The van der Waals surface area contributed by atoms with E-state index in [0.717, 1.165) is 54.4 Å². The Balaban J connectivity index is -0.00000390. The number of hydrogen-bond donors (Lipinski definition) is 4. The van der Waals surface area contributed by atoms with Gasteiger partial charge in [0.1, 0.15) is 17.9 Å². The van der Waals surface area contributed by atoms with Gasteiger partial charge in [0.05, 0.1) is 38.3 Å². The van der Waals surface area contributed by atoms with E-state index in [0.29, 0.717) is 11.5 Å². The first-order valence-corrected chi connectivity index (χ1v) is 26.9. The summed E-state index contributed by atoms with van der Waals surface area (Å²) in [7, 11) is 0. The van der Waals surface area contributed by atoms with Gasteiger partial charge in [-0.2, -0.15) is 0 Å². The average Bonchev–Trinajstić information content (AvgIpc) is 3.27. The van der Waals surface area contributed by atoms with Crippen LogP contribution < -0.4 is 0 Å². The molecule has 0 heterocycles. The van der Waals surface area contributed by atoms with Crippen LogP contribution in [-0.2, 0) is 37.2 Å². The van der Waals surface area contributed by atoms with Crippen LogP contribution in [0.15, 0.2) is 34.3 Å². The molecule has 2 aromatic rings. The summed E-state index contributed by atoms with van der Waals surface area (Å²) < 4.78 is 1.29. The van der Waals surface area contributed by atoms with Gasteiger partial charge < -0.3 is 24.9 Å². The Morgan fingerprint density at radius 1 is 0.563 bits per heavy atom. The minimum absolute atomic E-state index is 0. The van der Waals surface area contributed by atoms with Gasteiger partial charge in [0.15, 0.2) is 0 Å². The smallest absolute Gasteiger partial charge is 0.314 e. The van der Waals surface area contributed by atoms with Crippen LogP contribution in [-0.4, -0.2) is 87.5 Å². The molecule has 0 bridgehead atoms. The topological polar surface area (TPSA) is 140 Å². The zero-order chi connectivity index (χ0) is 50.2. The molecule has 0 aromatic heterocycles. The third kappa shape index (κ3) is 23.3. The monoisotopic (exact) mass is 1040 g/mol. The molecule has 0 saturated heterocycles. The number of carboxylic acid groups (broad SMARTS) is 2. The molecule has 1 radical (unpaired) electrons. The number of rotatable bonds is 32. The first-order chi connectivity index (χ1) is 31.8. The maximum atomic E-state index is 11.7. The number of quaternary nitrogens is 1. The number of phenols is 2. The second kappa shape index (κ2) is 36.7. The molecule has 3 atom stereocenters. The van der Waals surface area contributed by atoms with E-state index < -0.39 is 18.4 Å². The zero-order valence-corrected chi connectivity index (χ0v) is 46.1. The standard InChI is InChI=1S/C55H93N3O2.C3H4O4.3CH4.Co/c1-13-19-28-54(11,29-20-14-2)46-36-44(52(59)48(38-46)42(7)8)40-56-50-26-27-51(50)57-41-45-37-47(39-49(43(9)10)53(45)60)55(12,30-21-15-3)31-25-35-58(32-22-16-4,33-23-17-5)34-24-18-6;4-2(5)1-3(6)7;;;;/h36-43,50-51H,13-35H2,1-12H3,(H-,56,57,59,60);1H2,(H,4,5)(H,6,7);3*1H4;/p+1. The van der Waals surface area contributed by atoms with E-state index in [1.54, 1.807) is 0 Å². The second-order valence-corrected chi connectivity index (χ2v) is 21.4. The maximum absolute atomic E-state index is 11.7. The van der Waals surface area contributed by atoms with Crippen LogP contribution in [0.1, 0.15) is 279 Å². The normalized spacial score (nSPS) is 15.5. The van der Waals surface area contributed by atoms with Gasteiger partial charge in [-0.15, -0.1) is 0 Å². The molecule has 4 N–H and O–H groups in total. The number of phenolic OH excluding ortho intramolecular Hbond substituents is 2. The number of aliphatic carboxylic acids is 2. The maximum Gasteiger partial charge on any atom is 0.314 e. The molecule has 3 unspecified atom stereocenters. The minimum atomic E-state index is -1.31. The van der Waals surface area contributed by atoms with E-state index in [2.05, 4.69) is 107 Å². The Kier molecular flexibility index (Phi) is 37.2. The Morgan fingerprint density at radius 3 is 1.11 bits per heavy atom. The van der Waals surface area contributed by atoms with Gasteiger partial charge in [-0.05, 0) is 121 Å². The molecule has 0 aliphatic heterocycles. The number of carboxylic acids is 2. The summed E-state index contributed by atoms with van der Waals surface area (Å²) in [5.41, 5.74) is 6.52. The summed E-state index contributed by atoms with van der Waals surface area (Å²) in [4.78, 5) is 29.1. The molecule has 0 amide bonds. The molecular weight excluding hydrogens is 930 g/mol. The second-order valence-electron chi connectivity index (χ2n) is 21.4. The first-order valence-electron chi connectivity index (χ1n) is 26.9. The number of aliphatic imine (C=N–C) groups is 2. The summed E-state index contributed by atoms with van der Waals surface area (Å²) in [6, 6.07) is 9.23. The van der Waals surface area contributed by atoms with Gasteiger partial charge >= 0.3 is 11.9 Å². The van der Waals surface area contributed by atoms with Gasteiger partial charge in [0, 0.05) is 40.3 Å². The van der Waals surface area contributed by atoms with Gasteiger partial charge in [-0.3, -0.25) is 19.6 Å². The van der Waals surface area contributed by atoms with Crippen LogP contribution in [0.4, 0.5) is 0 Å². The Labute approximate surface area is 447 Å². The summed E-state index contributed by atoms with van der Waals surface area (Å²) >= 11 is 0. The van der Waals surface area contributed by atoms with Crippen LogP contribution in [0.25, 0.3) is 0 Å². The molecule has 9 nitrogen and oxygen atoms in total. The largest absolute Gasteiger partial charge is 0.507 e. The molecule has 0 spiro atoms. The van der Waals surface area contributed by atoms with Crippen molar-refractivity contribution >= 4 is 24.4 Å². The number of benzene rings is 2. The van der Waals surface area contributed by atoms with Gasteiger partial charge in [0.25, 0.3) is 0 Å². The fourth-order valence-electron chi connectivity index (χ4n) is 9.91. The summed E-state index contributed by atoms with van der Waals surface area (Å²) in [6.45, 7) is 32.8. The molecule has 10 heteroatoms. The number of hydrogen-bond acceptors (Lipinski definition) is 6. The molecule has 3 rings (SSSR count). The minimum Gasteiger partial charge on any atom is -0.507 e. The van der Waals surface area contributed by atoms with Crippen molar-refractivity contribution in [2.45, 2.75) is 269 Å². The average molecular weight is 1040 g/mol. The number of aromatic hydroxyl groups is 2. The first kappa shape index (κ1) is 72.0. The molecule has 1 saturated carbocycles. The predicted molar refractivity (Wildman–Crippen MR) is 303 cm³/mol. The van der Waals surface area contributed by atoms with Crippen LogP contribution in [0, 0.1) is 0 Å². The number of unbranched alkanes of at least 4 members (excludes halogenated alkanes) is 6. The van der Waals surface area contributed by atoms with Crippen molar-refractivity contribution in [3.8, 4) is 11.5 Å². The quantitative estimate of drug-likeness (QED) is 0.0327. The molecule has 413 valence electrons. The predicted octanol–water partition coefficient (Wildman–Crippen LogP) is 16.9. The Bertz CT molecular complexity index is 1800. The van der Waals surface area contributed by atoms with Crippen molar-refractivity contribution in [2.24, 2.45) is 9.98 Å². The van der Waals surface area contributed by atoms with Crippen LogP contribution in [0.5, 0.6) is 11.5 Å². The molecule has 71 heavy (non-hydrogen) atoms. The Morgan fingerprint density at radius 2 is 0.859 bits per heavy atom. The van der Waals surface area contributed by atoms with Crippen molar-refractivity contribution in [1.29, 1.82) is 0 Å². The third-order valence-electron chi connectivity index (χ3n) is 14.9. The van der Waals surface area contributed by atoms with Crippen molar-refractivity contribution in [1.82, 2.24) is 0 Å². The summed E-state index contributed by atoms with van der Waals surface area (Å²) in [6.07, 6.45) is 25.8. The Hall–Kier alpha value is -3.21. The summed E-state index contributed by atoms with van der Waals surface area (Å²) in [5.74, 6) is -1.45. The van der Waals surface area contributed by atoms with Crippen LogP contribution >= 0.6 is 0 Å². The van der Waals surface area contributed by atoms with Gasteiger partial charge in [-0.25, -0.2) is 0 Å². The van der Waals surface area contributed by atoms with Crippen molar-refractivity contribution in [3.63, 3.8) is 0 Å². The van der Waals surface area contributed by atoms with E-state index in [4.69, 9.17) is 20.2 Å². The van der Waals surface area contributed by atoms with Crippen molar-refractivity contribution in [3.05, 3.63) is 57.6 Å². The van der Waals surface area contributed by atoms with E-state index >= 15 is 0 Å². The van der Waals surface area contributed by atoms with Gasteiger partial charge in [0.2, 0.25) is 0 Å². The number of carbonyl (C=O) groups is 2. The van der Waals surface area contributed by atoms with E-state index in [1.165, 1.54) is 132 Å². The van der Waals surface area contributed by atoms with Crippen LogP contribution in [0.3, 0.4) is 0 Å². The van der Waals surface area contributed by atoms with E-state index in [1.807, 2.05) is 12.4 Å². The third-order valence-corrected chi connectivity index (χ3v) is 14.9. The van der Waals surface area contributed by atoms with Crippen molar-refractivity contribution in [2.75, 3.05) is 26.2 Å². The molecule has 2 aromatic carbocycles. The number of nitrogens with zero attached hydrogens (tertiary/aromatic N) is 3. The van der Waals surface area contributed by atoms with E-state index in [-0.39, 0.29) is 73.8 Å². The van der Waals surface area contributed by atoms with Crippen LogP contribution in [0.2, 0.25) is 0 Å². The molecule has 1 fully saturated rings. The fraction of sp³-hybridized carbons (Fsp3) is 0.738. The zero-order valence-electron chi connectivity index (χ0n) is 45.0. The SMILES string of the molecule is C.C.C.CCCCC(C)(CCCC)c1cc(C=NC2CCC2N=Cc2cc(C(C)(CCCC)CCC[N+](CCCC)(CCCC)CCCC)cc(C(C)C)c2O)c(O)c(C(C)C)c1.O=C(O)CC(=O)O.[Co].